The smallest absolute Gasteiger partial charge is 0.306 e. The molecule has 0 heterocycles. The number of carbonyl (C=O) groups excluding carboxylic acids is 2. The van der Waals surface area contributed by atoms with Crippen LogP contribution in [-0.2, 0) is 25.5 Å². The summed E-state index contributed by atoms with van der Waals surface area (Å²) >= 11 is 0. The number of nitrogens with two attached hydrogens (primary N) is 1. The zero-order chi connectivity index (χ0) is 14.8. The molecule has 0 atom stereocenters. The summed E-state index contributed by atoms with van der Waals surface area (Å²) in [6.45, 7) is 0.560. The Morgan fingerprint density at radius 3 is 2.85 bits per heavy atom. The zero-order valence-electron chi connectivity index (χ0n) is 11.6. The van der Waals surface area contributed by atoms with Gasteiger partial charge in [-0.15, -0.1) is 0 Å². The minimum Gasteiger partial charge on any atom is -0.456 e. The molecule has 3 N–H and O–H groups in total. The first-order valence-corrected chi connectivity index (χ1v) is 6.37. The third-order valence-electron chi connectivity index (χ3n) is 2.56. The second-order valence-corrected chi connectivity index (χ2v) is 4.25. The fourth-order valence-electron chi connectivity index (χ4n) is 1.56. The van der Waals surface area contributed by atoms with Gasteiger partial charge in [-0.1, -0.05) is 12.1 Å². The van der Waals surface area contributed by atoms with E-state index in [1.807, 2.05) is 18.2 Å². The first-order valence-electron chi connectivity index (χ1n) is 6.37. The van der Waals surface area contributed by atoms with Crippen molar-refractivity contribution in [1.82, 2.24) is 5.32 Å². The molecule has 0 fully saturated rings. The Labute approximate surface area is 118 Å². The SMILES string of the molecule is COCCNC(=O)COC(=O)CCc1cccc(N)c1. The van der Waals surface area contributed by atoms with Crippen molar-refractivity contribution in [2.75, 3.05) is 32.6 Å². The van der Waals surface area contributed by atoms with Gasteiger partial charge < -0.3 is 20.5 Å². The van der Waals surface area contributed by atoms with Gasteiger partial charge in [0.25, 0.3) is 5.91 Å². The molecule has 0 aliphatic rings. The summed E-state index contributed by atoms with van der Waals surface area (Å²) in [7, 11) is 1.54. The number of nitrogen functional groups attached to an aromatic ring is 1. The van der Waals surface area contributed by atoms with E-state index in [1.165, 1.54) is 0 Å². The number of anilines is 1. The van der Waals surface area contributed by atoms with Crippen molar-refractivity contribution in [3.8, 4) is 0 Å². The Kier molecular flexibility index (Phi) is 7.13. The topological polar surface area (TPSA) is 90.6 Å². The maximum absolute atomic E-state index is 11.5. The minimum absolute atomic E-state index is 0.217. The first kappa shape index (κ1) is 16.0. The van der Waals surface area contributed by atoms with E-state index < -0.39 is 5.97 Å². The van der Waals surface area contributed by atoms with E-state index in [9.17, 15) is 9.59 Å². The second-order valence-electron chi connectivity index (χ2n) is 4.25. The van der Waals surface area contributed by atoms with Gasteiger partial charge in [0.05, 0.1) is 6.61 Å². The van der Waals surface area contributed by atoms with Crippen LogP contribution in [0.1, 0.15) is 12.0 Å². The Morgan fingerprint density at radius 1 is 1.35 bits per heavy atom. The molecule has 0 unspecified atom stereocenters. The number of carbonyl (C=O) groups is 2. The number of hydrogen-bond donors (Lipinski definition) is 2. The average Bonchev–Trinajstić information content (AvgIpc) is 2.43. The van der Waals surface area contributed by atoms with E-state index in [0.29, 0.717) is 25.3 Å². The monoisotopic (exact) mass is 280 g/mol. The van der Waals surface area contributed by atoms with Crippen molar-refractivity contribution in [2.45, 2.75) is 12.8 Å². The Bertz CT molecular complexity index is 449. The molecule has 0 saturated heterocycles. The van der Waals surface area contributed by atoms with Crippen molar-refractivity contribution in [2.24, 2.45) is 0 Å². The molecule has 0 aliphatic carbocycles. The summed E-state index contributed by atoms with van der Waals surface area (Å²) < 4.78 is 9.65. The van der Waals surface area contributed by atoms with Crippen LogP contribution in [0.3, 0.4) is 0 Å². The van der Waals surface area contributed by atoms with Crippen LogP contribution in [0, 0.1) is 0 Å². The third-order valence-corrected chi connectivity index (χ3v) is 2.56. The van der Waals surface area contributed by atoms with Gasteiger partial charge in [0.1, 0.15) is 0 Å². The Hall–Kier alpha value is -2.08. The van der Waals surface area contributed by atoms with Crippen LogP contribution >= 0.6 is 0 Å². The number of hydrogen-bond acceptors (Lipinski definition) is 5. The van der Waals surface area contributed by atoms with Crippen molar-refractivity contribution in [3.05, 3.63) is 29.8 Å². The lowest BCUT2D eigenvalue weighted by atomic mass is 10.1. The predicted molar refractivity (Wildman–Crippen MR) is 75.0 cm³/mol. The summed E-state index contributed by atoms with van der Waals surface area (Å²) in [6, 6.07) is 7.32. The van der Waals surface area contributed by atoms with Crippen LogP contribution in [0.4, 0.5) is 5.69 Å². The molecule has 0 aliphatic heterocycles. The molecule has 1 aromatic rings. The molecular formula is C14H20N2O4. The van der Waals surface area contributed by atoms with Crippen LogP contribution in [-0.4, -0.2) is 38.7 Å². The van der Waals surface area contributed by atoms with Gasteiger partial charge in [-0.3, -0.25) is 9.59 Å². The molecular weight excluding hydrogens is 260 g/mol. The van der Waals surface area contributed by atoms with Gasteiger partial charge in [0.15, 0.2) is 6.61 Å². The summed E-state index contributed by atoms with van der Waals surface area (Å²) in [5, 5.41) is 2.56. The van der Waals surface area contributed by atoms with Crippen LogP contribution < -0.4 is 11.1 Å². The average molecular weight is 280 g/mol. The minimum atomic E-state index is -0.408. The summed E-state index contributed by atoms with van der Waals surface area (Å²) in [5.41, 5.74) is 7.27. The van der Waals surface area contributed by atoms with E-state index in [-0.39, 0.29) is 18.9 Å². The van der Waals surface area contributed by atoms with Crippen molar-refractivity contribution >= 4 is 17.6 Å². The highest BCUT2D eigenvalue weighted by Crippen LogP contribution is 2.08. The Morgan fingerprint density at radius 2 is 2.15 bits per heavy atom. The fraction of sp³-hybridized carbons (Fsp3) is 0.429. The lowest BCUT2D eigenvalue weighted by Crippen LogP contribution is -2.31. The molecule has 0 radical (unpaired) electrons. The van der Waals surface area contributed by atoms with Crippen LogP contribution in [0.5, 0.6) is 0 Å². The second kappa shape index (κ2) is 8.92. The van der Waals surface area contributed by atoms with E-state index in [0.717, 1.165) is 5.56 Å². The molecule has 0 aromatic heterocycles. The number of methoxy groups -OCH3 is 1. The van der Waals surface area contributed by atoms with Crippen LogP contribution in [0.15, 0.2) is 24.3 Å². The largest absolute Gasteiger partial charge is 0.456 e. The number of esters is 1. The van der Waals surface area contributed by atoms with Crippen LogP contribution in [0.25, 0.3) is 0 Å². The molecule has 0 spiro atoms. The lowest BCUT2D eigenvalue weighted by molar-refractivity contribution is -0.148. The normalized spacial score (nSPS) is 10.1. The number of benzene rings is 1. The van der Waals surface area contributed by atoms with E-state index >= 15 is 0 Å². The first-order chi connectivity index (χ1) is 9.61. The fourth-order valence-corrected chi connectivity index (χ4v) is 1.56. The van der Waals surface area contributed by atoms with Crippen LogP contribution in [0.2, 0.25) is 0 Å². The van der Waals surface area contributed by atoms with E-state index in [2.05, 4.69) is 5.32 Å². The number of ether oxygens (including phenoxy) is 2. The lowest BCUT2D eigenvalue weighted by Gasteiger charge is -2.06. The van der Waals surface area contributed by atoms with E-state index in [1.54, 1.807) is 13.2 Å². The number of amides is 1. The van der Waals surface area contributed by atoms with Gasteiger partial charge in [0.2, 0.25) is 0 Å². The summed E-state index contributed by atoms with van der Waals surface area (Å²) in [5.74, 6) is -0.742. The predicted octanol–water partition coefficient (Wildman–Crippen LogP) is 0.507. The molecule has 6 heteroatoms. The van der Waals surface area contributed by atoms with Gasteiger partial charge in [-0.05, 0) is 24.1 Å². The zero-order valence-corrected chi connectivity index (χ0v) is 11.6. The molecule has 0 bridgehead atoms. The van der Waals surface area contributed by atoms with Gasteiger partial charge >= 0.3 is 5.97 Å². The number of aryl methyl sites for hydroxylation is 1. The van der Waals surface area contributed by atoms with Gasteiger partial charge in [-0.25, -0.2) is 0 Å². The highest BCUT2D eigenvalue weighted by molar-refractivity contribution is 5.80. The molecule has 1 aromatic carbocycles. The number of rotatable bonds is 8. The standard InChI is InChI=1S/C14H20N2O4/c1-19-8-7-16-13(17)10-20-14(18)6-5-11-3-2-4-12(15)9-11/h2-4,9H,5-8,10,15H2,1H3,(H,16,17). The maximum atomic E-state index is 11.5. The van der Waals surface area contributed by atoms with Gasteiger partial charge in [-0.2, -0.15) is 0 Å². The quantitative estimate of drug-likeness (QED) is 0.411. The van der Waals surface area contributed by atoms with E-state index in [4.69, 9.17) is 15.2 Å². The van der Waals surface area contributed by atoms with Crippen molar-refractivity contribution < 1.29 is 19.1 Å². The maximum Gasteiger partial charge on any atom is 0.306 e. The molecule has 6 nitrogen and oxygen atoms in total. The molecule has 20 heavy (non-hydrogen) atoms. The van der Waals surface area contributed by atoms with Gasteiger partial charge in [0, 0.05) is 25.8 Å². The summed E-state index contributed by atoms with van der Waals surface area (Å²) in [4.78, 5) is 22.8. The summed E-state index contributed by atoms with van der Waals surface area (Å²) in [6.07, 6.45) is 0.754. The number of nitrogens with one attached hydrogen (secondary N) is 1. The highest BCUT2D eigenvalue weighted by Gasteiger charge is 2.07. The van der Waals surface area contributed by atoms with Crippen molar-refractivity contribution in [3.63, 3.8) is 0 Å². The highest BCUT2D eigenvalue weighted by atomic mass is 16.5. The Balaban J connectivity index is 2.19. The van der Waals surface area contributed by atoms with Crippen molar-refractivity contribution in [1.29, 1.82) is 0 Å². The molecule has 1 rings (SSSR count). The molecule has 1 amide bonds. The molecule has 0 saturated carbocycles. The third kappa shape index (κ3) is 6.75. The molecule has 110 valence electrons.